The summed E-state index contributed by atoms with van der Waals surface area (Å²) in [4.78, 5) is 25.8. The molecule has 2 aromatic rings. The van der Waals surface area contributed by atoms with Crippen LogP contribution < -0.4 is 10.6 Å². The van der Waals surface area contributed by atoms with E-state index in [0.717, 1.165) is 8.47 Å². The first kappa shape index (κ1) is 13.4. The summed E-state index contributed by atoms with van der Waals surface area (Å²) in [6, 6.07) is 9.83. The predicted molar refractivity (Wildman–Crippen MR) is 86.2 cm³/mol. The van der Waals surface area contributed by atoms with Crippen molar-refractivity contribution in [2.75, 3.05) is 10.6 Å². The fraction of sp³-hybridized carbons (Fsp3) is 0. The van der Waals surface area contributed by atoms with Crippen LogP contribution in [-0.2, 0) is 0 Å². The smallest absolute Gasteiger partial charge is 0.266 e. The summed E-state index contributed by atoms with van der Waals surface area (Å²) >= 11 is 8.25. The molecule has 0 spiro atoms. The van der Waals surface area contributed by atoms with E-state index in [0.29, 0.717) is 27.5 Å². The van der Waals surface area contributed by atoms with E-state index in [1.165, 1.54) is 6.07 Å². The van der Waals surface area contributed by atoms with Gasteiger partial charge >= 0.3 is 0 Å². The van der Waals surface area contributed by atoms with Gasteiger partial charge in [-0.25, -0.2) is 4.90 Å². The van der Waals surface area contributed by atoms with Crippen LogP contribution in [0.1, 0.15) is 20.7 Å². The molecular formula is C14H8ClIN2O2. The fourth-order valence-corrected chi connectivity index (χ4v) is 3.08. The lowest BCUT2D eigenvalue weighted by Gasteiger charge is -2.15. The Morgan fingerprint density at radius 1 is 1.00 bits per heavy atom. The lowest BCUT2D eigenvalue weighted by atomic mass is 10.1. The number of carbonyl (C=O) groups is 2. The average Bonchev–Trinajstić information content (AvgIpc) is 2.63. The lowest BCUT2D eigenvalue weighted by molar-refractivity contribution is 0.0926. The number of hydrogen-bond acceptors (Lipinski definition) is 3. The van der Waals surface area contributed by atoms with Crippen LogP contribution in [0, 0.1) is 3.57 Å². The Morgan fingerprint density at radius 3 is 2.40 bits per heavy atom. The van der Waals surface area contributed by atoms with Gasteiger partial charge in [-0.1, -0.05) is 11.6 Å². The van der Waals surface area contributed by atoms with Crippen LogP contribution in [0.5, 0.6) is 0 Å². The third kappa shape index (κ3) is 1.97. The van der Waals surface area contributed by atoms with E-state index in [9.17, 15) is 9.59 Å². The molecule has 20 heavy (non-hydrogen) atoms. The fourth-order valence-electron chi connectivity index (χ4n) is 2.14. The first-order valence-corrected chi connectivity index (χ1v) is 7.18. The molecule has 1 heterocycles. The van der Waals surface area contributed by atoms with Crippen molar-refractivity contribution < 1.29 is 9.59 Å². The van der Waals surface area contributed by atoms with E-state index in [-0.39, 0.29) is 5.91 Å². The van der Waals surface area contributed by atoms with Gasteiger partial charge in [-0.2, -0.15) is 0 Å². The number of benzene rings is 2. The molecule has 4 nitrogen and oxygen atoms in total. The quantitative estimate of drug-likeness (QED) is 0.455. The van der Waals surface area contributed by atoms with Gasteiger partial charge < -0.3 is 5.73 Å². The van der Waals surface area contributed by atoms with Crippen LogP contribution in [0.4, 0.5) is 11.4 Å². The van der Waals surface area contributed by atoms with Crippen molar-refractivity contribution in [3.05, 3.63) is 56.1 Å². The highest BCUT2D eigenvalue weighted by Crippen LogP contribution is 2.34. The molecule has 0 atom stereocenters. The van der Waals surface area contributed by atoms with Gasteiger partial charge in [0.2, 0.25) is 0 Å². The van der Waals surface area contributed by atoms with Crippen LogP contribution in [0.3, 0.4) is 0 Å². The van der Waals surface area contributed by atoms with Crippen LogP contribution in [0.2, 0.25) is 5.02 Å². The van der Waals surface area contributed by atoms with E-state index >= 15 is 0 Å². The number of nitrogens with two attached hydrogens (primary N) is 1. The lowest BCUT2D eigenvalue weighted by Crippen LogP contribution is -2.29. The second-order valence-corrected chi connectivity index (χ2v) is 6.00. The zero-order valence-electron chi connectivity index (χ0n) is 10.1. The van der Waals surface area contributed by atoms with Gasteiger partial charge in [0.05, 0.1) is 21.8 Å². The van der Waals surface area contributed by atoms with E-state index in [2.05, 4.69) is 22.6 Å². The minimum absolute atomic E-state index is 0.310. The molecule has 0 bridgehead atoms. The second-order valence-electron chi connectivity index (χ2n) is 4.35. The third-order valence-corrected chi connectivity index (χ3v) is 4.03. The maximum Gasteiger partial charge on any atom is 0.266 e. The predicted octanol–water partition coefficient (Wildman–Crippen LogP) is 3.33. The zero-order valence-corrected chi connectivity index (χ0v) is 13.0. The number of anilines is 2. The summed E-state index contributed by atoms with van der Waals surface area (Å²) in [5, 5.41) is 0.361. The zero-order chi connectivity index (χ0) is 14.4. The Bertz CT molecular complexity index is 761. The minimum Gasteiger partial charge on any atom is -0.399 e. The number of amides is 2. The molecular weight excluding hydrogens is 391 g/mol. The molecule has 0 aliphatic carbocycles. The van der Waals surface area contributed by atoms with Crippen molar-refractivity contribution in [2.24, 2.45) is 0 Å². The van der Waals surface area contributed by atoms with Gasteiger partial charge in [0.25, 0.3) is 11.8 Å². The van der Waals surface area contributed by atoms with E-state index in [1.54, 1.807) is 30.3 Å². The summed E-state index contributed by atoms with van der Waals surface area (Å²) < 4.78 is 0.928. The third-order valence-electron chi connectivity index (χ3n) is 3.06. The second kappa shape index (κ2) is 4.75. The van der Waals surface area contributed by atoms with Gasteiger partial charge in [0.1, 0.15) is 0 Å². The van der Waals surface area contributed by atoms with Gasteiger partial charge in [-0.3, -0.25) is 9.59 Å². The molecule has 2 aromatic carbocycles. The highest BCUT2D eigenvalue weighted by atomic mass is 127. The summed E-state index contributed by atoms with van der Waals surface area (Å²) in [6.45, 7) is 0. The van der Waals surface area contributed by atoms with Crippen molar-refractivity contribution in [1.29, 1.82) is 0 Å². The summed E-state index contributed by atoms with van der Waals surface area (Å²) in [5.41, 5.74) is 7.15. The standard InChI is InChI=1S/C14H8ClIN2O2/c15-11-5-7(16)1-4-12(11)18-13(19)9-3-2-8(17)6-10(9)14(18)20/h1-6H,17H2. The Hall–Kier alpha value is -1.60. The van der Waals surface area contributed by atoms with Crippen molar-refractivity contribution >= 4 is 57.4 Å². The number of carbonyl (C=O) groups excluding carboxylic acids is 2. The first-order chi connectivity index (χ1) is 9.49. The largest absolute Gasteiger partial charge is 0.399 e. The maximum absolute atomic E-state index is 12.4. The number of nitrogen functional groups attached to an aromatic ring is 1. The molecule has 6 heteroatoms. The molecule has 0 saturated carbocycles. The SMILES string of the molecule is Nc1ccc2c(c1)C(=O)N(c1ccc(I)cc1Cl)C2=O. The van der Waals surface area contributed by atoms with E-state index < -0.39 is 5.91 Å². The van der Waals surface area contributed by atoms with Crippen LogP contribution in [0.15, 0.2) is 36.4 Å². The Morgan fingerprint density at radius 2 is 1.70 bits per heavy atom. The van der Waals surface area contributed by atoms with Crippen molar-refractivity contribution in [3.63, 3.8) is 0 Å². The van der Waals surface area contributed by atoms with Crippen LogP contribution in [-0.4, -0.2) is 11.8 Å². The molecule has 2 N–H and O–H groups in total. The number of imide groups is 1. The van der Waals surface area contributed by atoms with Crippen LogP contribution in [0.25, 0.3) is 0 Å². The molecule has 100 valence electrons. The summed E-state index contributed by atoms with van der Waals surface area (Å²) in [6.07, 6.45) is 0. The molecule has 0 aromatic heterocycles. The topological polar surface area (TPSA) is 63.4 Å². The first-order valence-electron chi connectivity index (χ1n) is 5.72. The monoisotopic (exact) mass is 398 g/mol. The Balaban J connectivity index is 2.14. The van der Waals surface area contributed by atoms with Gasteiger partial charge in [-0.05, 0) is 59.0 Å². The van der Waals surface area contributed by atoms with Crippen LogP contribution >= 0.6 is 34.2 Å². The Kier molecular flexibility index (Phi) is 3.18. The molecule has 3 rings (SSSR count). The number of hydrogen-bond donors (Lipinski definition) is 1. The average molecular weight is 399 g/mol. The highest BCUT2D eigenvalue weighted by Gasteiger charge is 2.37. The maximum atomic E-state index is 12.4. The highest BCUT2D eigenvalue weighted by molar-refractivity contribution is 14.1. The summed E-state index contributed by atoms with van der Waals surface area (Å²) in [5.74, 6) is -0.784. The number of fused-ring (bicyclic) bond motifs is 1. The van der Waals surface area contributed by atoms with Gasteiger partial charge in [0, 0.05) is 9.26 Å². The molecule has 1 aliphatic rings. The minimum atomic E-state index is -0.402. The Labute approximate surface area is 133 Å². The van der Waals surface area contributed by atoms with Crippen molar-refractivity contribution in [2.45, 2.75) is 0 Å². The van der Waals surface area contributed by atoms with E-state index in [4.69, 9.17) is 17.3 Å². The van der Waals surface area contributed by atoms with Crippen molar-refractivity contribution in [1.82, 2.24) is 0 Å². The van der Waals surface area contributed by atoms with E-state index in [1.807, 2.05) is 0 Å². The molecule has 0 fully saturated rings. The molecule has 1 aliphatic heterocycles. The normalized spacial score (nSPS) is 13.8. The molecule has 0 unspecified atom stereocenters. The van der Waals surface area contributed by atoms with Gasteiger partial charge in [0.15, 0.2) is 0 Å². The molecule has 0 saturated heterocycles. The summed E-state index contributed by atoms with van der Waals surface area (Å²) in [7, 11) is 0. The number of rotatable bonds is 1. The molecule has 2 amide bonds. The van der Waals surface area contributed by atoms with Gasteiger partial charge in [-0.15, -0.1) is 0 Å². The number of halogens is 2. The molecule has 0 radical (unpaired) electrons. The van der Waals surface area contributed by atoms with Crippen molar-refractivity contribution in [3.8, 4) is 0 Å². The number of nitrogens with zero attached hydrogens (tertiary/aromatic N) is 1.